The number of methoxy groups -OCH3 is 1. The molecule has 0 radical (unpaired) electrons. The number of para-hydroxylation sites is 1. The molecule has 0 bridgehead atoms. The molecule has 0 aromatic heterocycles. The highest BCUT2D eigenvalue weighted by atomic mass is 16.5. The highest BCUT2D eigenvalue weighted by molar-refractivity contribution is 6.01. The van der Waals surface area contributed by atoms with Gasteiger partial charge in [0.05, 0.1) is 19.2 Å². The third kappa shape index (κ3) is 3.82. The zero-order chi connectivity index (χ0) is 17.7. The van der Waals surface area contributed by atoms with Crippen LogP contribution < -0.4 is 4.90 Å². The van der Waals surface area contributed by atoms with Crippen LogP contribution in [0.25, 0.3) is 0 Å². The molecule has 0 saturated carbocycles. The first-order valence-corrected chi connectivity index (χ1v) is 7.95. The van der Waals surface area contributed by atoms with E-state index in [4.69, 9.17) is 4.74 Å². The standard InChI is InChI=1S/C20H23NO3/c1-14-9-8-10-15(2)19(14)21(16(3)20(23)24-4)18(22)13-17-11-6-5-7-12-17/h5-12,16H,13H2,1-4H3/t16-/m0/s1. The number of hydrogen-bond acceptors (Lipinski definition) is 3. The molecule has 4 nitrogen and oxygen atoms in total. The first-order valence-electron chi connectivity index (χ1n) is 7.95. The fourth-order valence-corrected chi connectivity index (χ4v) is 2.85. The number of benzene rings is 2. The van der Waals surface area contributed by atoms with E-state index in [2.05, 4.69) is 0 Å². The van der Waals surface area contributed by atoms with Gasteiger partial charge < -0.3 is 4.74 Å². The predicted octanol–water partition coefficient (Wildman–Crippen LogP) is 3.44. The molecule has 0 unspecified atom stereocenters. The second-order valence-electron chi connectivity index (χ2n) is 5.87. The van der Waals surface area contributed by atoms with Crippen molar-refractivity contribution in [3.8, 4) is 0 Å². The maximum absolute atomic E-state index is 13.0. The Morgan fingerprint density at radius 2 is 1.58 bits per heavy atom. The van der Waals surface area contributed by atoms with Crippen LogP contribution in [0.2, 0.25) is 0 Å². The normalized spacial score (nSPS) is 11.7. The lowest BCUT2D eigenvalue weighted by Crippen LogP contribution is -2.45. The van der Waals surface area contributed by atoms with E-state index in [-0.39, 0.29) is 12.3 Å². The van der Waals surface area contributed by atoms with Gasteiger partial charge >= 0.3 is 5.97 Å². The first-order chi connectivity index (χ1) is 11.5. The van der Waals surface area contributed by atoms with E-state index in [1.165, 1.54) is 7.11 Å². The lowest BCUT2D eigenvalue weighted by atomic mass is 10.0. The number of hydrogen-bond donors (Lipinski definition) is 0. The molecule has 0 spiro atoms. The smallest absolute Gasteiger partial charge is 0.328 e. The van der Waals surface area contributed by atoms with Gasteiger partial charge in [0.25, 0.3) is 0 Å². The number of anilines is 1. The number of carbonyl (C=O) groups excluding carboxylic acids is 2. The molecule has 0 aliphatic heterocycles. The summed E-state index contributed by atoms with van der Waals surface area (Å²) in [5.74, 6) is -0.560. The molecule has 2 aromatic rings. The largest absolute Gasteiger partial charge is 0.467 e. The predicted molar refractivity (Wildman–Crippen MR) is 95.0 cm³/mol. The van der Waals surface area contributed by atoms with E-state index in [1.807, 2.05) is 62.4 Å². The minimum Gasteiger partial charge on any atom is -0.467 e. The summed E-state index contributed by atoms with van der Waals surface area (Å²) < 4.78 is 4.86. The highest BCUT2D eigenvalue weighted by Gasteiger charge is 2.30. The maximum Gasteiger partial charge on any atom is 0.328 e. The van der Waals surface area contributed by atoms with E-state index >= 15 is 0 Å². The lowest BCUT2D eigenvalue weighted by Gasteiger charge is -2.30. The Morgan fingerprint density at radius 1 is 1.00 bits per heavy atom. The second-order valence-corrected chi connectivity index (χ2v) is 5.87. The van der Waals surface area contributed by atoms with Crippen LogP contribution in [0.1, 0.15) is 23.6 Å². The van der Waals surface area contributed by atoms with Crippen LogP contribution in [-0.4, -0.2) is 25.0 Å². The monoisotopic (exact) mass is 325 g/mol. The van der Waals surface area contributed by atoms with Gasteiger partial charge in [0, 0.05) is 0 Å². The van der Waals surface area contributed by atoms with Gasteiger partial charge in [0.1, 0.15) is 6.04 Å². The van der Waals surface area contributed by atoms with Crippen molar-refractivity contribution in [1.82, 2.24) is 0 Å². The van der Waals surface area contributed by atoms with Crippen molar-refractivity contribution in [3.63, 3.8) is 0 Å². The van der Waals surface area contributed by atoms with Gasteiger partial charge in [-0.2, -0.15) is 0 Å². The summed E-state index contributed by atoms with van der Waals surface area (Å²) in [4.78, 5) is 26.6. The molecule has 0 saturated heterocycles. The van der Waals surface area contributed by atoms with Crippen molar-refractivity contribution < 1.29 is 14.3 Å². The van der Waals surface area contributed by atoms with Gasteiger partial charge in [-0.3, -0.25) is 9.69 Å². The van der Waals surface area contributed by atoms with E-state index in [0.29, 0.717) is 0 Å². The van der Waals surface area contributed by atoms with Crippen molar-refractivity contribution >= 4 is 17.6 Å². The second kappa shape index (κ2) is 7.77. The van der Waals surface area contributed by atoms with Crippen LogP contribution in [0.4, 0.5) is 5.69 Å². The molecule has 0 aliphatic carbocycles. The van der Waals surface area contributed by atoms with Crippen LogP contribution >= 0.6 is 0 Å². The number of carbonyl (C=O) groups is 2. The van der Waals surface area contributed by atoms with Crippen molar-refractivity contribution in [3.05, 3.63) is 65.2 Å². The Bertz CT molecular complexity index is 705. The van der Waals surface area contributed by atoms with Crippen LogP contribution in [0, 0.1) is 13.8 Å². The number of nitrogens with zero attached hydrogens (tertiary/aromatic N) is 1. The molecule has 2 aromatic carbocycles. The third-order valence-electron chi connectivity index (χ3n) is 4.08. The molecule has 0 N–H and O–H groups in total. The molecule has 0 aliphatic rings. The van der Waals surface area contributed by atoms with E-state index in [0.717, 1.165) is 22.4 Å². The van der Waals surface area contributed by atoms with Gasteiger partial charge in [0.15, 0.2) is 0 Å². The number of esters is 1. The topological polar surface area (TPSA) is 46.6 Å². The number of amides is 1. The van der Waals surface area contributed by atoms with Crippen molar-refractivity contribution in [2.24, 2.45) is 0 Å². The average Bonchev–Trinajstić information content (AvgIpc) is 2.57. The van der Waals surface area contributed by atoms with Crippen LogP contribution in [0.3, 0.4) is 0 Å². The maximum atomic E-state index is 13.0. The Hall–Kier alpha value is -2.62. The molecular formula is C20H23NO3. The molecular weight excluding hydrogens is 302 g/mol. The van der Waals surface area contributed by atoms with Crippen LogP contribution in [0.15, 0.2) is 48.5 Å². The number of ether oxygens (including phenoxy) is 1. The zero-order valence-corrected chi connectivity index (χ0v) is 14.6. The first kappa shape index (κ1) is 17.7. The Balaban J connectivity index is 2.43. The summed E-state index contributed by atoms with van der Waals surface area (Å²) in [6, 6.07) is 14.7. The van der Waals surface area contributed by atoms with Crippen molar-refractivity contribution in [1.29, 1.82) is 0 Å². The van der Waals surface area contributed by atoms with Gasteiger partial charge in [-0.1, -0.05) is 48.5 Å². The number of aryl methyl sites for hydroxylation is 2. The fraction of sp³-hybridized carbons (Fsp3) is 0.300. The molecule has 2 rings (SSSR count). The quantitative estimate of drug-likeness (QED) is 0.791. The Labute approximate surface area is 143 Å². The average molecular weight is 325 g/mol. The van der Waals surface area contributed by atoms with E-state index in [9.17, 15) is 9.59 Å². The molecule has 126 valence electrons. The highest BCUT2D eigenvalue weighted by Crippen LogP contribution is 2.27. The molecule has 4 heteroatoms. The summed E-state index contributed by atoms with van der Waals surface area (Å²) in [5.41, 5.74) is 3.59. The van der Waals surface area contributed by atoms with Crippen LogP contribution in [0.5, 0.6) is 0 Å². The Kier molecular flexibility index (Phi) is 5.74. The van der Waals surface area contributed by atoms with Gasteiger partial charge in [-0.25, -0.2) is 4.79 Å². The molecule has 0 fully saturated rings. The van der Waals surface area contributed by atoms with E-state index < -0.39 is 12.0 Å². The number of rotatable bonds is 5. The van der Waals surface area contributed by atoms with E-state index in [1.54, 1.807) is 11.8 Å². The summed E-state index contributed by atoms with van der Waals surface area (Å²) >= 11 is 0. The van der Waals surface area contributed by atoms with Crippen LogP contribution in [-0.2, 0) is 20.7 Å². The molecule has 1 atom stereocenters. The minimum absolute atomic E-state index is 0.128. The summed E-state index contributed by atoms with van der Waals surface area (Å²) in [7, 11) is 1.34. The van der Waals surface area contributed by atoms with Crippen molar-refractivity contribution in [2.75, 3.05) is 12.0 Å². The van der Waals surface area contributed by atoms with Gasteiger partial charge in [-0.15, -0.1) is 0 Å². The molecule has 0 heterocycles. The van der Waals surface area contributed by atoms with Gasteiger partial charge in [0.2, 0.25) is 5.91 Å². The molecule has 1 amide bonds. The summed E-state index contributed by atoms with van der Waals surface area (Å²) in [6.07, 6.45) is 0.232. The third-order valence-corrected chi connectivity index (χ3v) is 4.08. The summed E-state index contributed by atoms with van der Waals surface area (Å²) in [6.45, 7) is 5.57. The fourth-order valence-electron chi connectivity index (χ4n) is 2.85. The summed E-state index contributed by atoms with van der Waals surface area (Å²) in [5, 5.41) is 0. The van der Waals surface area contributed by atoms with Crippen molar-refractivity contribution in [2.45, 2.75) is 33.2 Å². The molecule has 24 heavy (non-hydrogen) atoms. The van der Waals surface area contributed by atoms with Gasteiger partial charge in [-0.05, 0) is 37.5 Å². The lowest BCUT2D eigenvalue weighted by molar-refractivity contribution is -0.143. The minimum atomic E-state index is -0.689. The Morgan fingerprint density at radius 3 is 2.12 bits per heavy atom. The zero-order valence-electron chi connectivity index (χ0n) is 14.6. The SMILES string of the molecule is COC(=O)[C@H](C)N(C(=O)Cc1ccccc1)c1c(C)cccc1C.